The summed E-state index contributed by atoms with van der Waals surface area (Å²) < 4.78 is 1.65. The van der Waals surface area contributed by atoms with E-state index in [-0.39, 0.29) is 11.7 Å². The minimum Gasteiger partial charge on any atom is -0.409 e. The number of imidazole rings is 1. The van der Waals surface area contributed by atoms with Gasteiger partial charge in [0.1, 0.15) is 5.69 Å². The van der Waals surface area contributed by atoms with Gasteiger partial charge in [0.25, 0.3) is 5.91 Å². The second kappa shape index (κ2) is 5.43. The van der Waals surface area contributed by atoms with Crippen LogP contribution in [0.2, 0.25) is 0 Å². The number of nitrogens with zero attached hydrogens (tertiary/aromatic N) is 4. The Labute approximate surface area is 115 Å². The van der Waals surface area contributed by atoms with Gasteiger partial charge < -0.3 is 20.4 Å². The van der Waals surface area contributed by atoms with Crippen molar-refractivity contribution in [2.24, 2.45) is 17.9 Å². The SMILES string of the molecule is CN(C(=O)c1cncn1C)c1cccc(/C(N)=N/O)c1. The molecule has 104 valence electrons. The molecule has 2 aromatic rings. The summed E-state index contributed by atoms with van der Waals surface area (Å²) in [6.07, 6.45) is 3.07. The number of carbonyl (C=O) groups is 1. The average molecular weight is 273 g/mol. The molecule has 0 saturated carbocycles. The van der Waals surface area contributed by atoms with Crippen LogP contribution in [-0.4, -0.2) is 33.5 Å². The lowest BCUT2D eigenvalue weighted by Gasteiger charge is -2.18. The van der Waals surface area contributed by atoms with E-state index < -0.39 is 0 Å². The largest absolute Gasteiger partial charge is 0.409 e. The van der Waals surface area contributed by atoms with E-state index in [0.29, 0.717) is 16.9 Å². The molecule has 1 aromatic heterocycles. The molecule has 0 aliphatic rings. The van der Waals surface area contributed by atoms with Gasteiger partial charge in [0.05, 0.1) is 12.5 Å². The molecular weight excluding hydrogens is 258 g/mol. The molecule has 7 heteroatoms. The van der Waals surface area contributed by atoms with Crippen molar-refractivity contribution in [1.29, 1.82) is 0 Å². The monoisotopic (exact) mass is 273 g/mol. The molecule has 1 heterocycles. The zero-order chi connectivity index (χ0) is 14.7. The summed E-state index contributed by atoms with van der Waals surface area (Å²) in [5.41, 5.74) is 7.19. The molecule has 0 aliphatic heterocycles. The van der Waals surface area contributed by atoms with Gasteiger partial charge in [-0.1, -0.05) is 17.3 Å². The first-order valence-electron chi connectivity index (χ1n) is 5.87. The van der Waals surface area contributed by atoms with Gasteiger partial charge in [0.2, 0.25) is 0 Å². The Hall–Kier alpha value is -2.83. The highest BCUT2D eigenvalue weighted by atomic mass is 16.4. The number of oxime groups is 1. The minimum absolute atomic E-state index is 0.00627. The molecule has 0 atom stereocenters. The molecule has 2 rings (SSSR count). The molecule has 0 saturated heterocycles. The number of hydrogen-bond donors (Lipinski definition) is 2. The predicted molar refractivity (Wildman–Crippen MR) is 74.9 cm³/mol. The molecule has 0 bridgehead atoms. The third kappa shape index (κ3) is 2.46. The van der Waals surface area contributed by atoms with Crippen LogP contribution in [0, 0.1) is 0 Å². The summed E-state index contributed by atoms with van der Waals surface area (Å²) in [5, 5.41) is 11.6. The maximum atomic E-state index is 12.3. The van der Waals surface area contributed by atoms with E-state index in [0.717, 1.165) is 0 Å². The second-order valence-electron chi connectivity index (χ2n) is 4.29. The van der Waals surface area contributed by atoms with Crippen molar-refractivity contribution in [2.45, 2.75) is 0 Å². The number of nitrogens with two attached hydrogens (primary N) is 1. The van der Waals surface area contributed by atoms with Gasteiger partial charge in [-0.25, -0.2) is 4.98 Å². The Morgan fingerprint density at radius 3 is 2.85 bits per heavy atom. The van der Waals surface area contributed by atoms with Crippen LogP contribution in [0.4, 0.5) is 5.69 Å². The minimum atomic E-state index is -0.193. The Kier molecular flexibility index (Phi) is 3.69. The van der Waals surface area contributed by atoms with Crippen LogP contribution in [0.5, 0.6) is 0 Å². The van der Waals surface area contributed by atoms with Crippen molar-refractivity contribution in [3.8, 4) is 0 Å². The van der Waals surface area contributed by atoms with Gasteiger partial charge in [0.15, 0.2) is 5.84 Å². The van der Waals surface area contributed by atoms with Crippen molar-refractivity contribution >= 4 is 17.4 Å². The molecule has 1 aromatic carbocycles. The van der Waals surface area contributed by atoms with Gasteiger partial charge in [-0.3, -0.25) is 4.79 Å². The highest BCUT2D eigenvalue weighted by Crippen LogP contribution is 2.17. The number of aromatic nitrogens is 2. The van der Waals surface area contributed by atoms with Crippen LogP contribution >= 0.6 is 0 Å². The average Bonchev–Trinajstić information content (AvgIpc) is 2.91. The van der Waals surface area contributed by atoms with Crippen molar-refractivity contribution in [3.63, 3.8) is 0 Å². The highest BCUT2D eigenvalue weighted by molar-refractivity contribution is 6.05. The topological polar surface area (TPSA) is 96.7 Å². The summed E-state index contributed by atoms with van der Waals surface area (Å²) in [6, 6.07) is 6.86. The number of amides is 1. The quantitative estimate of drug-likeness (QED) is 0.374. The Bertz CT molecular complexity index is 662. The number of anilines is 1. The van der Waals surface area contributed by atoms with Crippen LogP contribution in [-0.2, 0) is 7.05 Å². The summed E-state index contributed by atoms with van der Waals surface area (Å²) in [7, 11) is 3.40. The van der Waals surface area contributed by atoms with Crippen LogP contribution in [0.3, 0.4) is 0 Å². The second-order valence-corrected chi connectivity index (χ2v) is 4.29. The van der Waals surface area contributed by atoms with Crippen LogP contribution in [0.1, 0.15) is 16.1 Å². The molecule has 0 spiro atoms. The van der Waals surface area contributed by atoms with E-state index in [9.17, 15) is 4.79 Å². The molecule has 1 amide bonds. The van der Waals surface area contributed by atoms with Gasteiger partial charge in [-0.15, -0.1) is 0 Å². The number of benzene rings is 1. The summed E-state index contributed by atoms with van der Waals surface area (Å²) in [6.45, 7) is 0. The fourth-order valence-corrected chi connectivity index (χ4v) is 1.78. The lowest BCUT2D eigenvalue weighted by molar-refractivity contribution is 0.0985. The van der Waals surface area contributed by atoms with E-state index in [1.54, 1.807) is 49.3 Å². The van der Waals surface area contributed by atoms with Crippen LogP contribution < -0.4 is 10.6 Å². The number of hydrogen-bond acceptors (Lipinski definition) is 4. The summed E-state index contributed by atoms with van der Waals surface area (Å²) in [5.74, 6) is -0.199. The molecular formula is C13H15N5O2. The van der Waals surface area contributed by atoms with E-state index in [1.807, 2.05) is 0 Å². The third-order valence-electron chi connectivity index (χ3n) is 2.98. The molecule has 3 N–H and O–H groups in total. The Morgan fingerprint density at radius 2 is 2.25 bits per heavy atom. The first-order valence-corrected chi connectivity index (χ1v) is 5.87. The van der Waals surface area contributed by atoms with Gasteiger partial charge >= 0.3 is 0 Å². The maximum Gasteiger partial charge on any atom is 0.276 e. The van der Waals surface area contributed by atoms with E-state index in [2.05, 4.69) is 10.1 Å². The number of rotatable bonds is 3. The lowest BCUT2D eigenvalue weighted by Crippen LogP contribution is -2.28. The number of aryl methyl sites for hydroxylation is 1. The zero-order valence-corrected chi connectivity index (χ0v) is 11.2. The molecule has 20 heavy (non-hydrogen) atoms. The fraction of sp³-hybridized carbons (Fsp3) is 0.154. The zero-order valence-electron chi connectivity index (χ0n) is 11.2. The van der Waals surface area contributed by atoms with Crippen molar-refractivity contribution < 1.29 is 10.0 Å². The number of amidine groups is 1. The van der Waals surface area contributed by atoms with Crippen molar-refractivity contribution in [2.75, 3.05) is 11.9 Å². The van der Waals surface area contributed by atoms with E-state index in [1.165, 1.54) is 11.1 Å². The van der Waals surface area contributed by atoms with Crippen molar-refractivity contribution in [3.05, 3.63) is 48.0 Å². The third-order valence-corrected chi connectivity index (χ3v) is 2.98. The predicted octanol–water partition coefficient (Wildman–Crippen LogP) is 0.791. The first kappa shape index (κ1) is 13.6. The first-order chi connectivity index (χ1) is 9.54. The summed E-state index contributed by atoms with van der Waals surface area (Å²) in [4.78, 5) is 17.7. The van der Waals surface area contributed by atoms with Gasteiger partial charge in [-0.05, 0) is 12.1 Å². The maximum absolute atomic E-state index is 12.3. The Balaban J connectivity index is 2.32. The Morgan fingerprint density at radius 1 is 1.50 bits per heavy atom. The molecule has 7 nitrogen and oxygen atoms in total. The standard InChI is InChI=1S/C13H15N5O2/c1-17-8-15-7-11(17)13(19)18(2)10-5-3-4-9(6-10)12(14)16-20/h3-8,20H,1-2H3,(H2,14,16). The molecule has 0 fully saturated rings. The smallest absolute Gasteiger partial charge is 0.276 e. The van der Waals surface area contributed by atoms with Gasteiger partial charge in [0, 0.05) is 25.3 Å². The van der Waals surface area contributed by atoms with Crippen LogP contribution in [0.15, 0.2) is 41.9 Å². The van der Waals surface area contributed by atoms with Crippen molar-refractivity contribution in [1.82, 2.24) is 9.55 Å². The highest BCUT2D eigenvalue weighted by Gasteiger charge is 2.17. The van der Waals surface area contributed by atoms with Crippen LogP contribution in [0.25, 0.3) is 0 Å². The fourth-order valence-electron chi connectivity index (χ4n) is 1.78. The van der Waals surface area contributed by atoms with E-state index >= 15 is 0 Å². The van der Waals surface area contributed by atoms with E-state index in [4.69, 9.17) is 10.9 Å². The molecule has 0 unspecified atom stereocenters. The molecule has 0 radical (unpaired) electrons. The molecule has 0 aliphatic carbocycles. The number of carbonyl (C=O) groups excluding carboxylic acids is 1. The lowest BCUT2D eigenvalue weighted by atomic mass is 10.1. The van der Waals surface area contributed by atoms with Gasteiger partial charge in [-0.2, -0.15) is 0 Å². The summed E-state index contributed by atoms with van der Waals surface area (Å²) >= 11 is 0. The normalized spacial score (nSPS) is 11.4.